The van der Waals surface area contributed by atoms with Crippen molar-refractivity contribution < 1.29 is 14.3 Å². The van der Waals surface area contributed by atoms with Gasteiger partial charge in [-0.3, -0.25) is 9.59 Å². The maximum absolute atomic E-state index is 11.7. The Morgan fingerprint density at radius 3 is 2.44 bits per heavy atom. The summed E-state index contributed by atoms with van der Waals surface area (Å²) in [5, 5.41) is 2.50. The molecule has 0 fully saturated rings. The fourth-order valence-corrected chi connectivity index (χ4v) is 1.53. The number of nitrogens with one attached hydrogen (secondary N) is 1. The Balaban J connectivity index is 2.51. The topological polar surface area (TPSA) is 55.4 Å². The molecule has 0 aliphatic carbocycles. The molecule has 4 heteroatoms. The van der Waals surface area contributed by atoms with Gasteiger partial charge >= 0.3 is 5.97 Å². The number of hydrogen-bond donors (Lipinski definition) is 1. The minimum absolute atomic E-state index is 0.104. The molecule has 0 saturated heterocycles. The van der Waals surface area contributed by atoms with Crippen LogP contribution in [0.25, 0.3) is 0 Å². The average molecular weight is 249 g/mol. The van der Waals surface area contributed by atoms with Crippen molar-refractivity contribution in [2.24, 2.45) is 0 Å². The van der Waals surface area contributed by atoms with Crippen LogP contribution in [-0.2, 0) is 16.0 Å². The summed E-state index contributed by atoms with van der Waals surface area (Å²) in [5.41, 5.74) is 1.78. The number of hydrogen-bond acceptors (Lipinski definition) is 3. The molecule has 0 spiro atoms. The molecule has 1 N–H and O–H groups in total. The van der Waals surface area contributed by atoms with Crippen molar-refractivity contribution in [3.8, 4) is 0 Å². The first-order chi connectivity index (χ1) is 8.67. The zero-order valence-electron chi connectivity index (χ0n) is 10.9. The third-order valence-corrected chi connectivity index (χ3v) is 2.66. The van der Waals surface area contributed by atoms with Gasteiger partial charge < -0.3 is 10.1 Å². The van der Waals surface area contributed by atoms with E-state index in [9.17, 15) is 9.59 Å². The third kappa shape index (κ3) is 4.57. The first-order valence-electron chi connectivity index (χ1n) is 6.11. The summed E-state index contributed by atoms with van der Waals surface area (Å²) in [5.74, 6) is -0.717. The van der Waals surface area contributed by atoms with Crippen LogP contribution in [0.4, 0.5) is 0 Å². The lowest BCUT2D eigenvalue weighted by Gasteiger charge is -2.05. The Morgan fingerprint density at radius 1 is 1.22 bits per heavy atom. The zero-order chi connectivity index (χ0) is 13.4. The summed E-state index contributed by atoms with van der Waals surface area (Å²) in [6, 6.07) is 7.45. The quantitative estimate of drug-likeness (QED) is 0.784. The number of benzene rings is 1. The molecule has 0 aliphatic heterocycles. The van der Waals surface area contributed by atoms with Gasteiger partial charge in [-0.1, -0.05) is 25.5 Å². The molecule has 0 aromatic heterocycles. The highest BCUT2D eigenvalue weighted by Gasteiger charge is 2.07. The fourth-order valence-electron chi connectivity index (χ4n) is 1.53. The van der Waals surface area contributed by atoms with Crippen molar-refractivity contribution in [2.75, 3.05) is 13.7 Å². The van der Waals surface area contributed by atoms with Gasteiger partial charge in [-0.2, -0.15) is 0 Å². The highest BCUT2D eigenvalue weighted by molar-refractivity contribution is 5.95. The Bertz CT molecular complexity index is 398. The molecular formula is C14H19NO3. The molecule has 4 nitrogen and oxygen atoms in total. The van der Waals surface area contributed by atoms with Crippen molar-refractivity contribution in [1.29, 1.82) is 0 Å². The van der Waals surface area contributed by atoms with Crippen molar-refractivity contribution in [1.82, 2.24) is 5.32 Å². The summed E-state index contributed by atoms with van der Waals surface area (Å²) in [4.78, 5) is 22.6. The molecule has 1 aromatic carbocycles. The fraction of sp³-hybridized carbons (Fsp3) is 0.429. The summed E-state index contributed by atoms with van der Waals surface area (Å²) in [6.07, 6.45) is 3.33. The van der Waals surface area contributed by atoms with Gasteiger partial charge in [0, 0.05) is 5.56 Å². The summed E-state index contributed by atoms with van der Waals surface area (Å²) >= 11 is 0. The zero-order valence-corrected chi connectivity index (χ0v) is 10.9. The molecule has 0 saturated carbocycles. The number of carbonyl (C=O) groups excluding carboxylic acids is 2. The number of esters is 1. The van der Waals surface area contributed by atoms with Crippen LogP contribution in [0, 0.1) is 0 Å². The summed E-state index contributed by atoms with van der Waals surface area (Å²) < 4.78 is 4.45. The Hall–Kier alpha value is -1.84. The maximum Gasteiger partial charge on any atom is 0.325 e. The number of amides is 1. The monoisotopic (exact) mass is 249 g/mol. The smallest absolute Gasteiger partial charge is 0.325 e. The highest BCUT2D eigenvalue weighted by Crippen LogP contribution is 2.07. The summed E-state index contributed by atoms with van der Waals surface area (Å²) in [7, 11) is 1.29. The minimum Gasteiger partial charge on any atom is -0.468 e. The number of rotatable bonds is 6. The second kappa shape index (κ2) is 7.48. The molecule has 1 rings (SSSR count). The van der Waals surface area contributed by atoms with Gasteiger partial charge in [-0.05, 0) is 30.5 Å². The van der Waals surface area contributed by atoms with Crippen LogP contribution in [0.1, 0.15) is 35.7 Å². The second-order valence-corrected chi connectivity index (χ2v) is 4.06. The van der Waals surface area contributed by atoms with Crippen LogP contribution < -0.4 is 5.32 Å². The molecule has 0 aliphatic rings. The molecule has 0 radical (unpaired) electrons. The standard InChI is InChI=1S/C14H19NO3/c1-3-4-5-11-6-8-12(9-7-11)14(17)15-10-13(16)18-2/h6-9H,3-5,10H2,1-2H3,(H,15,17). The van der Waals surface area contributed by atoms with Crippen LogP contribution in [-0.4, -0.2) is 25.5 Å². The van der Waals surface area contributed by atoms with E-state index >= 15 is 0 Å². The molecule has 0 heterocycles. The van der Waals surface area contributed by atoms with Crippen LogP contribution in [0.5, 0.6) is 0 Å². The maximum atomic E-state index is 11.7. The van der Waals surface area contributed by atoms with Crippen LogP contribution in [0.2, 0.25) is 0 Å². The van der Waals surface area contributed by atoms with Gasteiger partial charge in [0.05, 0.1) is 7.11 Å². The Kier molecular flexibility index (Phi) is 5.91. The van der Waals surface area contributed by atoms with Gasteiger partial charge in [0.25, 0.3) is 5.91 Å². The number of unbranched alkanes of at least 4 members (excludes halogenated alkanes) is 1. The number of ether oxygens (including phenoxy) is 1. The van der Waals surface area contributed by atoms with E-state index in [1.807, 2.05) is 12.1 Å². The van der Waals surface area contributed by atoms with Crippen LogP contribution in [0.3, 0.4) is 0 Å². The molecule has 0 atom stereocenters. The predicted molar refractivity (Wildman–Crippen MR) is 69.4 cm³/mol. The largest absolute Gasteiger partial charge is 0.468 e. The molecule has 98 valence electrons. The molecule has 0 unspecified atom stereocenters. The number of carbonyl (C=O) groups is 2. The first kappa shape index (κ1) is 14.2. The molecule has 0 bridgehead atoms. The Morgan fingerprint density at radius 2 is 1.89 bits per heavy atom. The molecule has 1 aromatic rings. The summed E-state index contributed by atoms with van der Waals surface area (Å²) in [6.45, 7) is 2.04. The van der Waals surface area contributed by atoms with Gasteiger partial charge in [-0.15, -0.1) is 0 Å². The number of aryl methyl sites for hydroxylation is 1. The van der Waals surface area contributed by atoms with Crippen molar-refractivity contribution in [3.05, 3.63) is 35.4 Å². The molecule has 18 heavy (non-hydrogen) atoms. The van der Waals surface area contributed by atoms with Crippen LogP contribution >= 0.6 is 0 Å². The number of methoxy groups -OCH3 is 1. The average Bonchev–Trinajstić information content (AvgIpc) is 2.42. The van der Waals surface area contributed by atoms with E-state index in [1.54, 1.807) is 12.1 Å². The van der Waals surface area contributed by atoms with Gasteiger partial charge in [0.2, 0.25) is 0 Å². The van der Waals surface area contributed by atoms with Gasteiger partial charge in [0.1, 0.15) is 6.54 Å². The first-order valence-corrected chi connectivity index (χ1v) is 6.11. The van der Waals surface area contributed by atoms with Gasteiger partial charge in [-0.25, -0.2) is 0 Å². The highest BCUT2D eigenvalue weighted by atomic mass is 16.5. The van der Waals surface area contributed by atoms with Crippen molar-refractivity contribution >= 4 is 11.9 Å². The molecule has 1 amide bonds. The van der Waals surface area contributed by atoms with E-state index in [-0.39, 0.29) is 12.5 Å². The van der Waals surface area contributed by atoms with Crippen molar-refractivity contribution in [3.63, 3.8) is 0 Å². The van der Waals surface area contributed by atoms with E-state index in [4.69, 9.17) is 0 Å². The van der Waals surface area contributed by atoms with E-state index in [0.29, 0.717) is 5.56 Å². The SMILES string of the molecule is CCCCc1ccc(C(=O)NCC(=O)OC)cc1. The van der Waals surface area contributed by atoms with Gasteiger partial charge in [0.15, 0.2) is 0 Å². The second-order valence-electron chi connectivity index (χ2n) is 4.06. The van der Waals surface area contributed by atoms with Crippen LogP contribution in [0.15, 0.2) is 24.3 Å². The lowest BCUT2D eigenvalue weighted by atomic mass is 10.1. The predicted octanol–water partition coefficient (Wildman–Crippen LogP) is 1.93. The normalized spacial score (nSPS) is 9.89. The minimum atomic E-state index is -0.456. The van der Waals surface area contributed by atoms with Crippen molar-refractivity contribution in [2.45, 2.75) is 26.2 Å². The van der Waals surface area contributed by atoms with E-state index in [0.717, 1.165) is 19.3 Å². The lowest BCUT2D eigenvalue weighted by molar-refractivity contribution is -0.139. The third-order valence-electron chi connectivity index (χ3n) is 2.66. The van der Waals surface area contributed by atoms with E-state index < -0.39 is 5.97 Å². The van der Waals surface area contributed by atoms with E-state index in [2.05, 4.69) is 17.0 Å². The Labute approximate surface area is 107 Å². The molecular weight excluding hydrogens is 230 g/mol. The van der Waals surface area contributed by atoms with E-state index in [1.165, 1.54) is 12.7 Å². The lowest BCUT2D eigenvalue weighted by Crippen LogP contribution is -2.30.